The minimum Gasteiger partial charge on any atom is -0.497 e. The third-order valence-corrected chi connectivity index (χ3v) is 7.70. The van der Waals surface area contributed by atoms with Gasteiger partial charge in [-0.1, -0.05) is 90.5 Å². The quantitative estimate of drug-likeness (QED) is 0.135. The highest BCUT2D eigenvalue weighted by molar-refractivity contribution is 5.96. The molecule has 4 aromatic carbocycles. The highest BCUT2D eigenvalue weighted by Gasteiger charge is 2.41. The third-order valence-electron chi connectivity index (χ3n) is 7.70. The Balaban J connectivity index is 1.36. The molecule has 0 amide bonds. The van der Waals surface area contributed by atoms with E-state index in [0.717, 1.165) is 44.5 Å². The molecule has 3 atom stereocenters. The number of allylic oxidation sites excluding steroid dienone is 1. The minimum absolute atomic E-state index is 0.306. The summed E-state index contributed by atoms with van der Waals surface area (Å²) in [7, 11) is 1.68. The van der Waals surface area contributed by atoms with Crippen LogP contribution in [0.2, 0.25) is 0 Å². The van der Waals surface area contributed by atoms with Gasteiger partial charge in [-0.2, -0.15) is 0 Å². The lowest BCUT2D eigenvalue weighted by Gasteiger charge is -2.35. The molecular formula is C38H38O6. The maximum atomic E-state index is 6.72. The molecule has 5 aromatic rings. The molecular weight excluding hydrogens is 552 g/mol. The molecule has 1 aliphatic rings. The van der Waals surface area contributed by atoms with Gasteiger partial charge in [0.15, 0.2) is 6.29 Å². The Kier molecular flexibility index (Phi) is 9.54. The zero-order chi connectivity index (χ0) is 30.3. The van der Waals surface area contributed by atoms with Crippen LogP contribution >= 0.6 is 0 Å². The second-order valence-electron chi connectivity index (χ2n) is 11.2. The van der Waals surface area contributed by atoms with Crippen molar-refractivity contribution in [2.75, 3.05) is 20.3 Å². The van der Waals surface area contributed by atoms with Crippen molar-refractivity contribution < 1.29 is 28.1 Å². The Morgan fingerprint density at radius 3 is 2.27 bits per heavy atom. The summed E-state index contributed by atoms with van der Waals surface area (Å²) in [6.07, 6.45) is 0.437. The van der Waals surface area contributed by atoms with Gasteiger partial charge in [-0.25, -0.2) is 0 Å². The molecule has 0 spiro atoms. The van der Waals surface area contributed by atoms with Gasteiger partial charge in [-0.05, 0) is 60.0 Å². The Morgan fingerprint density at radius 2 is 1.55 bits per heavy atom. The highest BCUT2D eigenvalue weighted by atomic mass is 16.7. The van der Waals surface area contributed by atoms with Gasteiger partial charge in [0.2, 0.25) is 0 Å². The van der Waals surface area contributed by atoms with E-state index in [2.05, 4.69) is 44.2 Å². The summed E-state index contributed by atoms with van der Waals surface area (Å²) in [6.45, 7) is 5.68. The van der Waals surface area contributed by atoms with Gasteiger partial charge in [-0.15, -0.1) is 0 Å². The van der Waals surface area contributed by atoms with Gasteiger partial charge >= 0.3 is 0 Å². The standard InChI is InChI=1S/C38H38O6/c1-26(2)19-20-41-38-33-22-34(32-16-10-15-29-21-30(39-3)17-18-31(29)32)43-36(33)37(42-24-28-13-8-5-9-14-28)35(44-38)25-40-23-27-11-6-4-7-12-27/h4-19,21-22,35,37-38H,20,23-25H2,1-3H3/t35-,37+,38+/m1/s1. The van der Waals surface area contributed by atoms with Crippen LogP contribution in [0, 0.1) is 0 Å². The number of benzene rings is 4. The molecule has 44 heavy (non-hydrogen) atoms. The molecule has 1 aliphatic heterocycles. The van der Waals surface area contributed by atoms with E-state index in [9.17, 15) is 0 Å². The molecule has 0 bridgehead atoms. The minimum atomic E-state index is -0.643. The predicted molar refractivity (Wildman–Crippen MR) is 171 cm³/mol. The van der Waals surface area contributed by atoms with Crippen LogP contribution in [0.5, 0.6) is 5.75 Å². The fourth-order valence-corrected chi connectivity index (χ4v) is 5.40. The largest absolute Gasteiger partial charge is 0.497 e. The molecule has 6 nitrogen and oxygen atoms in total. The van der Waals surface area contributed by atoms with Crippen molar-refractivity contribution in [1.82, 2.24) is 0 Å². The molecule has 0 fully saturated rings. The van der Waals surface area contributed by atoms with E-state index in [0.29, 0.717) is 32.2 Å². The van der Waals surface area contributed by atoms with Crippen LogP contribution in [-0.2, 0) is 32.2 Å². The summed E-state index contributed by atoms with van der Waals surface area (Å²) in [4.78, 5) is 0. The fraction of sp³-hybridized carbons (Fsp3) is 0.263. The molecule has 0 aliphatic carbocycles. The van der Waals surface area contributed by atoms with Crippen molar-refractivity contribution in [3.63, 3.8) is 0 Å². The SMILES string of the molecule is COc1ccc2c(-c3cc4c(o3)[C@@H](OCc3ccccc3)[C@@H](COCc3ccccc3)O[C@@H]4OCC=C(C)C)cccc2c1. The molecule has 0 unspecified atom stereocenters. The molecule has 2 heterocycles. The summed E-state index contributed by atoms with van der Waals surface area (Å²) < 4.78 is 37.9. The van der Waals surface area contributed by atoms with Crippen molar-refractivity contribution in [1.29, 1.82) is 0 Å². The van der Waals surface area contributed by atoms with E-state index in [1.54, 1.807) is 7.11 Å². The number of rotatable bonds is 12. The predicted octanol–water partition coefficient (Wildman–Crippen LogP) is 8.96. The van der Waals surface area contributed by atoms with Crippen molar-refractivity contribution in [3.05, 3.63) is 137 Å². The second kappa shape index (κ2) is 14.1. The lowest BCUT2D eigenvalue weighted by molar-refractivity contribution is -0.232. The zero-order valence-electron chi connectivity index (χ0n) is 25.4. The molecule has 6 rings (SSSR count). The van der Waals surface area contributed by atoms with Crippen molar-refractivity contribution in [2.24, 2.45) is 0 Å². The number of hydrogen-bond acceptors (Lipinski definition) is 6. The van der Waals surface area contributed by atoms with E-state index < -0.39 is 18.5 Å². The Labute approximate surface area is 258 Å². The lowest BCUT2D eigenvalue weighted by atomic mass is 10.0. The van der Waals surface area contributed by atoms with Crippen LogP contribution in [0.25, 0.3) is 22.1 Å². The van der Waals surface area contributed by atoms with E-state index in [4.69, 9.17) is 28.1 Å². The number of ether oxygens (including phenoxy) is 5. The molecule has 6 heteroatoms. The van der Waals surface area contributed by atoms with E-state index in [1.807, 2.05) is 78.9 Å². The molecule has 226 valence electrons. The second-order valence-corrected chi connectivity index (χ2v) is 11.2. The van der Waals surface area contributed by atoms with Crippen LogP contribution in [0.4, 0.5) is 0 Å². The van der Waals surface area contributed by atoms with E-state index in [1.165, 1.54) is 5.57 Å². The molecule has 0 N–H and O–H groups in total. The topological polar surface area (TPSA) is 59.3 Å². The normalized spacial score (nSPS) is 17.8. The number of furan rings is 1. The molecule has 0 saturated carbocycles. The van der Waals surface area contributed by atoms with Crippen molar-refractivity contribution in [2.45, 2.75) is 45.6 Å². The Bertz CT molecular complexity index is 1690. The molecule has 0 radical (unpaired) electrons. The summed E-state index contributed by atoms with van der Waals surface area (Å²) in [5, 5.41) is 2.12. The van der Waals surface area contributed by atoms with Crippen LogP contribution in [0.1, 0.15) is 48.7 Å². The third kappa shape index (κ3) is 6.95. The van der Waals surface area contributed by atoms with Gasteiger partial charge < -0.3 is 28.1 Å². The maximum Gasteiger partial charge on any atom is 0.188 e. The number of hydrogen-bond donors (Lipinski definition) is 0. The van der Waals surface area contributed by atoms with Gasteiger partial charge in [0, 0.05) is 5.56 Å². The summed E-state index contributed by atoms with van der Waals surface area (Å²) >= 11 is 0. The summed E-state index contributed by atoms with van der Waals surface area (Å²) in [5.41, 5.74) is 5.13. The number of fused-ring (bicyclic) bond motifs is 2. The molecule has 0 saturated heterocycles. The zero-order valence-corrected chi connectivity index (χ0v) is 25.4. The van der Waals surface area contributed by atoms with Crippen LogP contribution in [0.15, 0.2) is 119 Å². The number of methoxy groups -OCH3 is 1. The van der Waals surface area contributed by atoms with Crippen molar-refractivity contribution in [3.8, 4) is 17.1 Å². The van der Waals surface area contributed by atoms with Crippen molar-refractivity contribution >= 4 is 10.8 Å². The van der Waals surface area contributed by atoms with Crippen LogP contribution in [0.3, 0.4) is 0 Å². The average molecular weight is 591 g/mol. The van der Waals surface area contributed by atoms with Crippen LogP contribution < -0.4 is 4.74 Å². The lowest BCUT2D eigenvalue weighted by Crippen LogP contribution is -2.36. The monoisotopic (exact) mass is 590 g/mol. The Morgan fingerprint density at radius 1 is 0.795 bits per heavy atom. The first kappa shape index (κ1) is 29.9. The highest BCUT2D eigenvalue weighted by Crippen LogP contribution is 2.45. The van der Waals surface area contributed by atoms with Gasteiger partial charge in [0.25, 0.3) is 0 Å². The first-order chi connectivity index (χ1) is 21.6. The average Bonchev–Trinajstić information content (AvgIpc) is 3.50. The summed E-state index contributed by atoms with van der Waals surface area (Å²) in [5.74, 6) is 2.23. The smallest absolute Gasteiger partial charge is 0.188 e. The molecule has 1 aromatic heterocycles. The maximum absolute atomic E-state index is 6.72. The van der Waals surface area contributed by atoms with Crippen LogP contribution in [-0.4, -0.2) is 26.4 Å². The Hall–Kier alpha value is -4.20. The first-order valence-electron chi connectivity index (χ1n) is 15.0. The van der Waals surface area contributed by atoms with E-state index >= 15 is 0 Å². The summed E-state index contributed by atoms with van der Waals surface area (Å²) in [6, 6.07) is 34.5. The van der Waals surface area contributed by atoms with Gasteiger partial charge in [0.1, 0.15) is 29.5 Å². The first-order valence-corrected chi connectivity index (χ1v) is 15.0. The van der Waals surface area contributed by atoms with E-state index in [-0.39, 0.29) is 0 Å². The van der Waals surface area contributed by atoms with Gasteiger partial charge in [0.05, 0.1) is 39.1 Å². The van der Waals surface area contributed by atoms with Gasteiger partial charge in [-0.3, -0.25) is 0 Å². The fourth-order valence-electron chi connectivity index (χ4n) is 5.40.